The Morgan fingerprint density at radius 2 is 2.14 bits per heavy atom. The van der Waals surface area contributed by atoms with Gasteiger partial charge in [-0.15, -0.1) is 0 Å². The van der Waals surface area contributed by atoms with Gasteiger partial charge in [-0.25, -0.2) is 4.39 Å². The third-order valence-corrected chi connectivity index (χ3v) is 4.92. The van der Waals surface area contributed by atoms with E-state index in [1.807, 2.05) is 18.7 Å². The van der Waals surface area contributed by atoms with Crippen LogP contribution in [0.5, 0.6) is 5.75 Å². The zero-order chi connectivity index (χ0) is 20.7. The Morgan fingerprint density at radius 1 is 1.39 bits per heavy atom. The fourth-order valence-electron chi connectivity index (χ4n) is 3.32. The molecule has 1 aromatic carbocycles. The predicted octanol–water partition coefficient (Wildman–Crippen LogP) is 1.41. The number of piperazine rings is 1. The Kier molecular flexibility index (Phi) is 8.19. The van der Waals surface area contributed by atoms with Crippen LogP contribution in [0, 0.1) is 5.82 Å². The molecule has 0 aliphatic carbocycles. The van der Waals surface area contributed by atoms with Gasteiger partial charge < -0.3 is 19.7 Å². The standard InChI is InChI=1S/C20H30FN3O4/c1-14(2)24(9-10-27-3)19(25)12-18-20(26)22-7-8-23(18)13-15-5-6-16(28-4)11-17(15)21/h5-6,11,14,18H,7-10,12-13H2,1-4H3,(H,22,26). The number of halogens is 1. The maximum Gasteiger partial charge on any atom is 0.237 e. The van der Waals surface area contributed by atoms with E-state index in [9.17, 15) is 14.0 Å². The molecule has 1 saturated heterocycles. The molecule has 2 amide bonds. The molecule has 1 aliphatic heterocycles. The minimum atomic E-state index is -0.633. The van der Waals surface area contributed by atoms with Crippen LogP contribution in [0.15, 0.2) is 18.2 Å². The van der Waals surface area contributed by atoms with Gasteiger partial charge in [-0.3, -0.25) is 14.5 Å². The van der Waals surface area contributed by atoms with Gasteiger partial charge in [-0.05, 0) is 19.9 Å². The van der Waals surface area contributed by atoms with Gasteiger partial charge in [0.2, 0.25) is 11.8 Å². The summed E-state index contributed by atoms with van der Waals surface area (Å²) in [6.45, 7) is 6.03. The molecule has 0 saturated carbocycles. The summed E-state index contributed by atoms with van der Waals surface area (Å²) in [5.74, 6) is -0.271. The molecule has 1 N–H and O–H groups in total. The largest absolute Gasteiger partial charge is 0.497 e. The Balaban J connectivity index is 2.13. The highest BCUT2D eigenvalue weighted by Gasteiger charge is 2.33. The van der Waals surface area contributed by atoms with Crippen molar-refractivity contribution in [1.82, 2.24) is 15.1 Å². The first-order valence-corrected chi connectivity index (χ1v) is 9.50. The maximum atomic E-state index is 14.4. The van der Waals surface area contributed by atoms with E-state index in [2.05, 4.69) is 5.32 Å². The Labute approximate surface area is 165 Å². The fourth-order valence-corrected chi connectivity index (χ4v) is 3.32. The quantitative estimate of drug-likeness (QED) is 0.685. The van der Waals surface area contributed by atoms with Crippen LogP contribution < -0.4 is 10.1 Å². The minimum absolute atomic E-state index is 0.00165. The number of ether oxygens (including phenoxy) is 2. The molecular weight excluding hydrogens is 365 g/mol. The molecule has 1 unspecified atom stereocenters. The van der Waals surface area contributed by atoms with E-state index < -0.39 is 6.04 Å². The first-order chi connectivity index (χ1) is 13.4. The monoisotopic (exact) mass is 395 g/mol. The highest BCUT2D eigenvalue weighted by molar-refractivity contribution is 5.89. The smallest absolute Gasteiger partial charge is 0.237 e. The van der Waals surface area contributed by atoms with Crippen LogP contribution in [0.4, 0.5) is 4.39 Å². The second-order valence-corrected chi connectivity index (χ2v) is 7.11. The molecule has 156 valence electrons. The number of nitrogens with one attached hydrogen (secondary N) is 1. The summed E-state index contributed by atoms with van der Waals surface area (Å²) in [5.41, 5.74) is 0.466. The number of nitrogens with zero attached hydrogens (tertiary/aromatic N) is 2. The number of methoxy groups -OCH3 is 2. The van der Waals surface area contributed by atoms with Crippen molar-refractivity contribution in [3.63, 3.8) is 0 Å². The average molecular weight is 395 g/mol. The zero-order valence-electron chi connectivity index (χ0n) is 17.0. The van der Waals surface area contributed by atoms with Crippen LogP contribution in [-0.4, -0.2) is 74.2 Å². The molecule has 1 aliphatic rings. The molecule has 1 aromatic rings. The molecule has 0 radical (unpaired) electrons. The van der Waals surface area contributed by atoms with Gasteiger partial charge in [0.15, 0.2) is 0 Å². The minimum Gasteiger partial charge on any atom is -0.497 e. The van der Waals surface area contributed by atoms with E-state index >= 15 is 0 Å². The molecule has 7 nitrogen and oxygen atoms in total. The summed E-state index contributed by atoms with van der Waals surface area (Å²) in [4.78, 5) is 28.8. The summed E-state index contributed by atoms with van der Waals surface area (Å²) in [6.07, 6.45) is 0.0471. The predicted molar refractivity (Wildman–Crippen MR) is 104 cm³/mol. The Bertz CT molecular complexity index is 683. The SMILES string of the molecule is COCCN(C(=O)CC1C(=O)NCCN1Cc1ccc(OC)cc1F)C(C)C. The van der Waals surface area contributed by atoms with E-state index in [0.717, 1.165) is 0 Å². The summed E-state index contributed by atoms with van der Waals surface area (Å²) >= 11 is 0. The van der Waals surface area contributed by atoms with Crippen molar-refractivity contribution in [2.24, 2.45) is 0 Å². The number of amides is 2. The van der Waals surface area contributed by atoms with Crippen LogP contribution in [0.2, 0.25) is 0 Å². The van der Waals surface area contributed by atoms with Gasteiger partial charge in [-0.2, -0.15) is 0 Å². The lowest BCUT2D eigenvalue weighted by molar-refractivity contribution is -0.140. The van der Waals surface area contributed by atoms with Gasteiger partial charge >= 0.3 is 0 Å². The van der Waals surface area contributed by atoms with Crippen LogP contribution >= 0.6 is 0 Å². The summed E-state index contributed by atoms with van der Waals surface area (Å²) in [6, 6.07) is 4.03. The van der Waals surface area contributed by atoms with Crippen molar-refractivity contribution < 1.29 is 23.5 Å². The molecule has 1 fully saturated rings. The van der Waals surface area contributed by atoms with Gasteiger partial charge in [0.1, 0.15) is 11.6 Å². The molecule has 0 aromatic heterocycles. The highest BCUT2D eigenvalue weighted by atomic mass is 19.1. The molecule has 1 atom stereocenters. The second kappa shape index (κ2) is 10.4. The lowest BCUT2D eigenvalue weighted by atomic mass is 10.1. The molecule has 1 heterocycles. The fraction of sp³-hybridized carbons (Fsp3) is 0.600. The summed E-state index contributed by atoms with van der Waals surface area (Å²) in [5, 5.41) is 2.81. The van der Waals surface area contributed by atoms with Crippen LogP contribution in [0.25, 0.3) is 0 Å². The van der Waals surface area contributed by atoms with Gasteiger partial charge in [0.25, 0.3) is 0 Å². The topological polar surface area (TPSA) is 71.1 Å². The number of benzene rings is 1. The third-order valence-electron chi connectivity index (χ3n) is 4.92. The lowest BCUT2D eigenvalue weighted by Gasteiger charge is -2.36. The zero-order valence-corrected chi connectivity index (χ0v) is 17.0. The summed E-state index contributed by atoms with van der Waals surface area (Å²) in [7, 11) is 3.07. The van der Waals surface area contributed by atoms with E-state index in [0.29, 0.717) is 37.6 Å². The van der Waals surface area contributed by atoms with Crippen LogP contribution in [0.3, 0.4) is 0 Å². The van der Waals surface area contributed by atoms with E-state index in [4.69, 9.17) is 9.47 Å². The Morgan fingerprint density at radius 3 is 2.75 bits per heavy atom. The normalized spacial score (nSPS) is 17.5. The first kappa shape index (κ1) is 22.1. The molecule has 2 rings (SSSR count). The first-order valence-electron chi connectivity index (χ1n) is 9.50. The number of hydrogen-bond donors (Lipinski definition) is 1. The average Bonchev–Trinajstić information content (AvgIpc) is 2.66. The highest BCUT2D eigenvalue weighted by Crippen LogP contribution is 2.21. The van der Waals surface area contributed by atoms with Gasteiger partial charge in [-0.1, -0.05) is 6.07 Å². The number of hydrogen-bond acceptors (Lipinski definition) is 5. The van der Waals surface area contributed by atoms with Crippen LogP contribution in [-0.2, 0) is 20.9 Å². The van der Waals surface area contributed by atoms with Crippen molar-refractivity contribution in [3.8, 4) is 5.75 Å². The molecular formula is C20H30FN3O4. The summed E-state index contributed by atoms with van der Waals surface area (Å²) < 4.78 is 24.5. The van der Waals surface area contributed by atoms with Crippen molar-refractivity contribution in [1.29, 1.82) is 0 Å². The molecule has 8 heteroatoms. The maximum absolute atomic E-state index is 14.4. The van der Waals surface area contributed by atoms with Crippen molar-refractivity contribution >= 4 is 11.8 Å². The number of rotatable bonds is 9. The van der Waals surface area contributed by atoms with Gasteiger partial charge in [0, 0.05) is 51.0 Å². The van der Waals surface area contributed by atoms with Crippen molar-refractivity contribution in [2.45, 2.75) is 38.9 Å². The van der Waals surface area contributed by atoms with E-state index in [-0.39, 0.29) is 36.6 Å². The second-order valence-electron chi connectivity index (χ2n) is 7.11. The third kappa shape index (κ3) is 5.65. The number of carbonyl (C=O) groups excluding carboxylic acids is 2. The molecule has 0 bridgehead atoms. The van der Waals surface area contributed by atoms with Crippen molar-refractivity contribution in [2.75, 3.05) is 40.5 Å². The van der Waals surface area contributed by atoms with Crippen LogP contribution in [0.1, 0.15) is 25.8 Å². The van der Waals surface area contributed by atoms with Crippen molar-refractivity contribution in [3.05, 3.63) is 29.6 Å². The van der Waals surface area contributed by atoms with E-state index in [1.165, 1.54) is 13.2 Å². The molecule has 0 spiro atoms. The number of carbonyl (C=O) groups is 2. The lowest BCUT2D eigenvalue weighted by Crippen LogP contribution is -2.56. The van der Waals surface area contributed by atoms with E-state index in [1.54, 1.807) is 24.1 Å². The molecule has 28 heavy (non-hydrogen) atoms. The Hall–Kier alpha value is -2.19. The van der Waals surface area contributed by atoms with Gasteiger partial charge in [0.05, 0.1) is 26.2 Å².